The number of hydrogen-bond donors (Lipinski definition) is 0. The van der Waals surface area contributed by atoms with Crippen LogP contribution in [0.4, 0.5) is 5.69 Å². The minimum Gasteiger partial charge on any atom is -0.346 e. The molecule has 1 heterocycles. The second-order valence-corrected chi connectivity index (χ2v) is 6.48. The van der Waals surface area contributed by atoms with Crippen molar-refractivity contribution in [3.63, 3.8) is 0 Å². The predicted octanol–water partition coefficient (Wildman–Crippen LogP) is 5.26. The summed E-state index contributed by atoms with van der Waals surface area (Å²) < 4.78 is 0. The van der Waals surface area contributed by atoms with Gasteiger partial charge in [-0.2, -0.15) is 5.26 Å². The Morgan fingerprint density at radius 1 is 1.13 bits per heavy atom. The molecule has 23 heavy (non-hydrogen) atoms. The molecule has 0 fully saturated rings. The minimum atomic E-state index is -0.404. The SMILES string of the molecule is CCC[C@@]1(C#N)CCc2ccccc2N1[C@H](C)c1ccccc1. The van der Waals surface area contributed by atoms with Gasteiger partial charge in [-0.25, -0.2) is 0 Å². The zero-order chi connectivity index (χ0) is 16.3. The molecule has 0 aliphatic carbocycles. The number of rotatable bonds is 4. The molecule has 0 unspecified atom stereocenters. The van der Waals surface area contributed by atoms with E-state index < -0.39 is 5.54 Å². The minimum absolute atomic E-state index is 0.184. The van der Waals surface area contributed by atoms with Crippen molar-refractivity contribution in [1.29, 1.82) is 5.26 Å². The summed E-state index contributed by atoms with van der Waals surface area (Å²) in [6.45, 7) is 4.39. The van der Waals surface area contributed by atoms with Crippen LogP contribution in [0.5, 0.6) is 0 Å². The first-order valence-electron chi connectivity index (χ1n) is 8.55. The molecule has 2 atom stereocenters. The highest BCUT2D eigenvalue weighted by Crippen LogP contribution is 2.44. The van der Waals surface area contributed by atoms with Crippen molar-refractivity contribution >= 4 is 5.69 Å². The topological polar surface area (TPSA) is 27.0 Å². The lowest BCUT2D eigenvalue weighted by Crippen LogP contribution is -2.52. The number of hydrogen-bond acceptors (Lipinski definition) is 2. The Hall–Kier alpha value is -2.27. The van der Waals surface area contributed by atoms with Crippen LogP contribution in [0.15, 0.2) is 54.6 Å². The average molecular weight is 304 g/mol. The summed E-state index contributed by atoms with van der Waals surface area (Å²) in [7, 11) is 0. The molecule has 0 saturated heterocycles. The van der Waals surface area contributed by atoms with E-state index in [2.05, 4.69) is 73.3 Å². The van der Waals surface area contributed by atoms with E-state index in [-0.39, 0.29) is 6.04 Å². The molecule has 0 spiro atoms. The van der Waals surface area contributed by atoms with Crippen molar-refractivity contribution in [2.75, 3.05) is 4.90 Å². The second kappa shape index (κ2) is 6.46. The van der Waals surface area contributed by atoms with Gasteiger partial charge in [-0.3, -0.25) is 0 Å². The molecule has 0 aromatic heterocycles. The van der Waals surface area contributed by atoms with Gasteiger partial charge >= 0.3 is 0 Å². The van der Waals surface area contributed by atoms with Crippen LogP contribution in [0, 0.1) is 11.3 Å². The lowest BCUT2D eigenvalue weighted by molar-refractivity contribution is 0.372. The molecule has 2 aromatic rings. The Bertz CT molecular complexity index is 701. The van der Waals surface area contributed by atoms with Crippen molar-refractivity contribution in [3.8, 4) is 6.07 Å². The zero-order valence-electron chi connectivity index (χ0n) is 14.0. The maximum Gasteiger partial charge on any atom is 0.128 e. The van der Waals surface area contributed by atoms with Crippen molar-refractivity contribution in [3.05, 3.63) is 65.7 Å². The summed E-state index contributed by atoms with van der Waals surface area (Å²) in [5.74, 6) is 0. The summed E-state index contributed by atoms with van der Waals surface area (Å²) in [5.41, 5.74) is 3.44. The van der Waals surface area contributed by atoms with E-state index in [4.69, 9.17) is 0 Å². The predicted molar refractivity (Wildman–Crippen MR) is 95.4 cm³/mol. The first-order chi connectivity index (χ1) is 11.2. The van der Waals surface area contributed by atoms with Crippen molar-refractivity contribution in [2.45, 2.75) is 51.1 Å². The van der Waals surface area contributed by atoms with Crippen LogP contribution in [-0.4, -0.2) is 5.54 Å². The van der Waals surface area contributed by atoms with Crippen molar-refractivity contribution in [2.24, 2.45) is 0 Å². The molecule has 0 amide bonds. The third-order valence-corrected chi connectivity index (χ3v) is 5.06. The van der Waals surface area contributed by atoms with Crippen LogP contribution in [0.2, 0.25) is 0 Å². The summed E-state index contributed by atoms with van der Waals surface area (Å²) in [6.07, 6.45) is 3.83. The van der Waals surface area contributed by atoms with Crippen LogP contribution in [0.1, 0.15) is 50.3 Å². The van der Waals surface area contributed by atoms with E-state index in [9.17, 15) is 5.26 Å². The third-order valence-electron chi connectivity index (χ3n) is 5.06. The summed E-state index contributed by atoms with van der Waals surface area (Å²) in [4.78, 5) is 2.38. The Labute approximate surface area is 139 Å². The summed E-state index contributed by atoms with van der Waals surface area (Å²) in [5, 5.41) is 10.1. The van der Waals surface area contributed by atoms with Gasteiger partial charge in [0.2, 0.25) is 0 Å². The lowest BCUT2D eigenvalue weighted by Gasteiger charge is -2.48. The molecular formula is C21H24N2. The number of para-hydroxylation sites is 1. The fraction of sp³-hybridized carbons (Fsp3) is 0.381. The number of nitrogens with zero attached hydrogens (tertiary/aromatic N) is 2. The quantitative estimate of drug-likeness (QED) is 0.770. The van der Waals surface area contributed by atoms with Gasteiger partial charge in [0, 0.05) is 5.69 Å². The summed E-state index contributed by atoms with van der Waals surface area (Å²) in [6, 6.07) is 22.0. The first-order valence-corrected chi connectivity index (χ1v) is 8.55. The Balaban J connectivity index is 2.12. The molecule has 0 bridgehead atoms. The standard InChI is InChI=1S/C21H24N2/c1-3-14-21(16-22)15-13-19-11-7-8-12-20(19)23(21)17(2)18-9-5-4-6-10-18/h4-12,17H,3,13-15H2,1-2H3/t17-,21+/m1/s1. The van der Waals surface area contributed by atoms with Crippen LogP contribution in [0.25, 0.3) is 0 Å². The van der Waals surface area contributed by atoms with Crippen molar-refractivity contribution < 1.29 is 0 Å². The molecule has 2 heteroatoms. The van der Waals surface area contributed by atoms with Gasteiger partial charge in [0.05, 0.1) is 12.1 Å². The third kappa shape index (κ3) is 2.72. The van der Waals surface area contributed by atoms with Crippen LogP contribution in [-0.2, 0) is 6.42 Å². The van der Waals surface area contributed by atoms with Gasteiger partial charge in [0.25, 0.3) is 0 Å². The highest BCUT2D eigenvalue weighted by Gasteiger charge is 2.42. The van der Waals surface area contributed by atoms with E-state index in [0.29, 0.717) is 0 Å². The molecule has 1 aliphatic heterocycles. The molecule has 3 rings (SSSR count). The van der Waals surface area contributed by atoms with Crippen LogP contribution in [0.3, 0.4) is 0 Å². The molecule has 2 aromatic carbocycles. The molecule has 1 aliphatic rings. The number of anilines is 1. The monoisotopic (exact) mass is 304 g/mol. The number of benzene rings is 2. The van der Waals surface area contributed by atoms with Gasteiger partial charge < -0.3 is 4.90 Å². The average Bonchev–Trinajstić information content (AvgIpc) is 2.62. The highest BCUT2D eigenvalue weighted by atomic mass is 15.2. The maximum absolute atomic E-state index is 10.1. The van der Waals surface area contributed by atoms with E-state index >= 15 is 0 Å². The molecule has 2 nitrogen and oxygen atoms in total. The van der Waals surface area contributed by atoms with Crippen LogP contribution >= 0.6 is 0 Å². The second-order valence-electron chi connectivity index (χ2n) is 6.48. The normalized spacial score (nSPS) is 21.3. The van der Waals surface area contributed by atoms with Crippen molar-refractivity contribution in [1.82, 2.24) is 0 Å². The zero-order valence-corrected chi connectivity index (χ0v) is 14.0. The Morgan fingerprint density at radius 3 is 2.52 bits per heavy atom. The maximum atomic E-state index is 10.1. The molecule has 0 saturated carbocycles. The molecular weight excluding hydrogens is 280 g/mol. The van der Waals surface area contributed by atoms with E-state index in [1.807, 2.05) is 6.07 Å². The van der Waals surface area contributed by atoms with Gasteiger partial charge in [-0.1, -0.05) is 61.9 Å². The largest absolute Gasteiger partial charge is 0.346 e. The van der Waals surface area contributed by atoms with Crippen LogP contribution < -0.4 is 4.90 Å². The number of fused-ring (bicyclic) bond motifs is 1. The summed E-state index contributed by atoms with van der Waals surface area (Å²) >= 11 is 0. The number of nitriles is 1. The Kier molecular flexibility index (Phi) is 4.39. The highest BCUT2D eigenvalue weighted by molar-refractivity contribution is 5.61. The van der Waals surface area contributed by atoms with Gasteiger partial charge in [0.1, 0.15) is 5.54 Å². The Morgan fingerprint density at radius 2 is 1.83 bits per heavy atom. The fourth-order valence-electron chi connectivity index (χ4n) is 3.93. The lowest BCUT2D eigenvalue weighted by atomic mass is 9.80. The van der Waals surface area contributed by atoms with Gasteiger partial charge in [-0.15, -0.1) is 0 Å². The van der Waals surface area contributed by atoms with E-state index in [1.54, 1.807) is 0 Å². The smallest absolute Gasteiger partial charge is 0.128 e. The molecule has 118 valence electrons. The van der Waals surface area contributed by atoms with E-state index in [0.717, 1.165) is 25.7 Å². The molecule has 0 N–H and O–H groups in total. The van der Waals surface area contributed by atoms with E-state index in [1.165, 1.54) is 16.8 Å². The fourth-order valence-corrected chi connectivity index (χ4v) is 3.93. The van der Waals surface area contributed by atoms with Gasteiger partial charge in [-0.05, 0) is 43.4 Å². The first kappa shape index (κ1) is 15.6. The molecule has 0 radical (unpaired) electrons. The number of aryl methyl sites for hydroxylation is 1. The van der Waals surface area contributed by atoms with Gasteiger partial charge in [0.15, 0.2) is 0 Å².